The van der Waals surface area contributed by atoms with Crippen LogP contribution in [-0.2, 0) is 10.4 Å². The maximum Gasteiger partial charge on any atom is 0.394 e. The summed E-state index contributed by atoms with van der Waals surface area (Å²) >= 11 is 0. The third-order valence-corrected chi connectivity index (χ3v) is 5.01. The highest BCUT2D eigenvalue weighted by Crippen LogP contribution is 2.14. The van der Waals surface area contributed by atoms with Gasteiger partial charge in [0.05, 0.1) is 0 Å². The highest BCUT2D eigenvalue weighted by Gasteiger charge is 1.95. The van der Waals surface area contributed by atoms with Crippen molar-refractivity contribution in [2.75, 3.05) is 6.61 Å². The zero-order valence-corrected chi connectivity index (χ0v) is 19.2. The topological polar surface area (TPSA) is 94.8 Å². The minimum absolute atomic E-state index is 0.374. The maximum atomic E-state index is 8.74. The number of aliphatic hydroxyl groups excluding tert-OH is 1. The van der Waals surface area contributed by atoms with Crippen molar-refractivity contribution in [3.8, 4) is 0 Å². The van der Waals surface area contributed by atoms with Crippen LogP contribution in [-0.4, -0.2) is 29.2 Å². The lowest BCUT2D eigenvalue weighted by atomic mass is 10.0. The largest absolute Gasteiger partial charge is 0.396 e. The van der Waals surface area contributed by atoms with Crippen molar-refractivity contribution in [1.82, 2.24) is 0 Å². The second-order valence-corrected chi connectivity index (χ2v) is 8.78. The molecule has 0 saturated heterocycles. The molecule has 6 heteroatoms. The zero-order valence-electron chi connectivity index (χ0n) is 18.4. The molecule has 0 aliphatic carbocycles. The molecule has 0 aliphatic heterocycles. The lowest BCUT2D eigenvalue weighted by Crippen LogP contribution is -1.89. The molecule has 0 heterocycles. The van der Waals surface area contributed by atoms with Crippen LogP contribution in [0, 0.1) is 0 Å². The molecule has 0 bridgehead atoms. The molecule has 0 aromatic rings. The van der Waals surface area contributed by atoms with E-state index >= 15 is 0 Å². The van der Waals surface area contributed by atoms with Gasteiger partial charge in [-0.3, -0.25) is 9.11 Å². The van der Waals surface area contributed by atoms with Crippen LogP contribution in [0.25, 0.3) is 0 Å². The van der Waals surface area contributed by atoms with Gasteiger partial charge in [-0.25, -0.2) is 0 Å². The Kier molecular flexibility index (Phi) is 26.7. The fourth-order valence-corrected chi connectivity index (χ4v) is 3.37. The Morgan fingerprint density at radius 1 is 0.464 bits per heavy atom. The second kappa shape index (κ2) is 24.9. The Balaban J connectivity index is 0. The molecule has 172 valence electrons. The van der Waals surface area contributed by atoms with E-state index < -0.39 is 10.4 Å². The van der Waals surface area contributed by atoms with E-state index in [2.05, 4.69) is 6.92 Å². The number of hydrogen-bond acceptors (Lipinski definition) is 3. The minimum Gasteiger partial charge on any atom is -0.396 e. The smallest absolute Gasteiger partial charge is 0.394 e. The Hall–Kier alpha value is -0.170. The van der Waals surface area contributed by atoms with Gasteiger partial charge < -0.3 is 5.11 Å². The van der Waals surface area contributed by atoms with E-state index in [1.165, 1.54) is 122 Å². The van der Waals surface area contributed by atoms with Crippen LogP contribution in [0.2, 0.25) is 0 Å². The second-order valence-electron chi connectivity index (χ2n) is 7.89. The van der Waals surface area contributed by atoms with Crippen molar-refractivity contribution in [1.29, 1.82) is 0 Å². The van der Waals surface area contributed by atoms with Gasteiger partial charge in [0.1, 0.15) is 0 Å². The summed E-state index contributed by atoms with van der Waals surface area (Å²) in [6, 6.07) is 0. The van der Waals surface area contributed by atoms with Crippen molar-refractivity contribution in [3.05, 3.63) is 0 Å². The van der Waals surface area contributed by atoms with Crippen molar-refractivity contribution in [3.63, 3.8) is 0 Å². The van der Waals surface area contributed by atoms with Gasteiger partial charge in [0.2, 0.25) is 0 Å². The summed E-state index contributed by atoms with van der Waals surface area (Å²) in [5.41, 5.74) is 0. The number of unbranched alkanes of at least 4 members (excludes halogenated alkanes) is 19. The predicted octanol–water partition coefficient (Wildman–Crippen LogP) is 7.15. The van der Waals surface area contributed by atoms with Gasteiger partial charge in [-0.2, -0.15) is 8.42 Å². The first-order valence-corrected chi connectivity index (χ1v) is 13.1. The molecule has 0 amide bonds. The van der Waals surface area contributed by atoms with Gasteiger partial charge in [-0.1, -0.05) is 129 Å². The van der Waals surface area contributed by atoms with Crippen molar-refractivity contribution in [2.24, 2.45) is 0 Å². The summed E-state index contributed by atoms with van der Waals surface area (Å²) in [5.74, 6) is 0. The molecular formula is C22H48O5S. The van der Waals surface area contributed by atoms with Crippen LogP contribution >= 0.6 is 0 Å². The molecule has 0 aromatic carbocycles. The van der Waals surface area contributed by atoms with E-state index in [1.807, 2.05) is 0 Å². The molecule has 0 spiro atoms. The van der Waals surface area contributed by atoms with Crippen LogP contribution in [0.3, 0.4) is 0 Å². The van der Waals surface area contributed by atoms with E-state index in [4.69, 9.17) is 22.6 Å². The van der Waals surface area contributed by atoms with Crippen LogP contribution in [0.1, 0.15) is 135 Å². The van der Waals surface area contributed by atoms with Gasteiger partial charge >= 0.3 is 10.4 Å². The Bertz CT molecular complexity index is 343. The van der Waals surface area contributed by atoms with Crippen LogP contribution in [0.15, 0.2) is 0 Å². The number of aliphatic hydroxyl groups is 1. The molecule has 5 nitrogen and oxygen atoms in total. The van der Waals surface area contributed by atoms with Gasteiger partial charge in [-0.05, 0) is 6.42 Å². The first-order valence-electron chi connectivity index (χ1n) is 11.7. The summed E-state index contributed by atoms with van der Waals surface area (Å²) in [7, 11) is -4.67. The molecule has 3 N–H and O–H groups in total. The fraction of sp³-hybridized carbons (Fsp3) is 1.00. The van der Waals surface area contributed by atoms with Gasteiger partial charge in [-0.15, -0.1) is 0 Å². The first-order chi connectivity index (χ1) is 13.4. The summed E-state index contributed by atoms with van der Waals surface area (Å²) in [4.78, 5) is 0. The normalized spacial score (nSPS) is 11.3. The molecule has 0 aliphatic rings. The lowest BCUT2D eigenvalue weighted by Gasteiger charge is -2.03. The van der Waals surface area contributed by atoms with Gasteiger partial charge in [0.15, 0.2) is 0 Å². The fourth-order valence-electron chi connectivity index (χ4n) is 3.37. The summed E-state index contributed by atoms with van der Waals surface area (Å²) < 4.78 is 31.6. The van der Waals surface area contributed by atoms with Gasteiger partial charge in [0.25, 0.3) is 0 Å². The Morgan fingerprint density at radius 3 is 0.821 bits per heavy atom. The summed E-state index contributed by atoms with van der Waals surface area (Å²) in [5, 5.41) is 8.71. The molecule has 0 atom stereocenters. The first kappa shape index (κ1) is 30.0. The standard InChI is InChI=1S/C22H46O.H2O4S/c1-2-3-4-5-6-7-8-9-10-11-12-13-14-15-16-17-18-19-20-21-22-23;1-5(2,3)4/h23H,2-22H2,1H3;(H2,1,2,3,4). The monoisotopic (exact) mass is 424 g/mol. The zero-order chi connectivity index (χ0) is 21.3. The van der Waals surface area contributed by atoms with Crippen molar-refractivity contribution in [2.45, 2.75) is 135 Å². The SMILES string of the molecule is CCCCCCCCCCCCCCCCCCCCCCO.O=S(=O)(O)O. The van der Waals surface area contributed by atoms with Crippen molar-refractivity contribution >= 4 is 10.4 Å². The molecule has 28 heavy (non-hydrogen) atoms. The molecule has 0 rings (SSSR count). The lowest BCUT2D eigenvalue weighted by molar-refractivity contribution is 0.282. The van der Waals surface area contributed by atoms with Crippen LogP contribution in [0.4, 0.5) is 0 Å². The highest BCUT2D eigenvalue weighted by molar-refractivity contribution is 7.79. The minimum atomic E-state index is -4.67. The van der Waals surface area contributed by atoms with Gasteiger partial charge in [0, 0.05) is 6.61 Å². The average molecular weight is 425 g/mol. The van der Waals surface area contributed by atoms with E-state index in [1.54, 1.807) is 0 Å². The quantitative estimate of drug-likeness (QED) is 0.142. The van der Waals surface area contributed by atoms with E-state index in [0.717, 1.165) is 6.42 Å². The summed E-state index contributed by atoms with van der Waals surface area (Å²) in [6.07, 6.45) is 28.1. The maximum absolute atomic E-state index is 8.74. The van der Waals surface area contributed by atoms with E-state index in [-0.39, 0.29) is 0 Å². The third-order valence-electron chi connectivity index (χ3n) is 5.01. The molecule has 0 unspecified atom stereocenters. The predicted molar refractivity (Wildman–Crippen MR) is 119 cm³/mol. The Labute approximate surface area is 175 Å². The molecule has 0 radical (unpaired) electrons. The Morgan fingerprint density at radius 2 is 0.643 bits per heavy atom. The average Bonchev–Trinajstić information content (AvgIpc) is 2.62. The van der Waals surface area contributed by atoms with Crippen molar-refractivity contribution < 1.29 is 22.6 Å². The van der Waals surface area contributed by atoms with E-state index in [9.17, 15) is 0 Å². The molecular weight excluding hydrogens is 376 g/mol. The number of hydrogen-bond donors (Lipinski definition) is 3. The highest BCUT2D eigenvalue weighted by atomic mass is 32.3. The molecule has 0 saturated carbocycles. The third kappa shape index (κ3) is 40.5. The molecule has 0 aromatic heterocycles. The van der Waals surface area contributed by atoms with E-state index in [0.29, 0.717) is 6.61 Å². The van der Waals surface area contributed by atoms with Crippen LogP contribution in [0.5, 0.6) is 0 Å². The van der Waals surface area contributed by atoms with Crippen LogP contribution < -0.4 is 0 Å². The number of rotatable bonds is 20. The summed E-state index contributed by atoms with van der Waals surface area (Å²) in [6.45, 7) is 2.67. The molecule has 0 fully saturated rings.